The lowest BCUT2D eigenvalue weighted by molar-refractivity contribution is 0.467. The summed E-state index contributed by atoms with van der Waals surface area (Å²) >= 11 is 1.52. The van der Waals surface area contributed by atoms with Crippen LogP contribution in [-0.4, -0.2) is 9.97 Å². The number of aryl methyl sites for hydroxylation is 1. The molecule has 0 atom stereocenters. The van der Waals surface area contributed by atoms with Crippen LogP contribution in [0.4, 0.5) is 0 Å². The highest BCUT2D eigenvalue weighted by atomic mass is 32.1. The summed E-state index contributed by atoms with van der Waals surface area (Å²) in [5.74, 6) is 1.06. The second-order valence-corrected chi connectivity index (χ2v) is 5.74. The fourth-order valence-corrected chi connectivity index (χ4v) is 3.09. The molecule has 22 heavy (non-hydrogen) atoms. The highest BCUT2D eigenvalue weighted by molar-refractivity contribution is 7.17. The van der Waals surface area contributed by atoms with Crippen LogP contribution in [0.15, 0.2) is 51.3 Å². The van der Waals surface area contributed by atoms with Gasteiger partial charge >= 0.3 is 5.63 Å². The van der Waals surface area contributed by atoms with Gasteiger partial charge in [0.2, 0.25) is 5.88 Å². The summed E-state index contributed by atoms with van der Waals surface area (Å²) in [5.41, 5.74) is 1.85. The Kier molecular flexibility index (Phi) is 2.90. The molecule has 4 aromatic rings. The van der Waals surface area contributed by atoms with Crippen molar-refractivity contribution >= 4 is 32.5 Å². The predicted octanol–water partition coefficient (Wildman–Crippen LogP) is 3.90. The van der Waals surface area contributed by atoms with E-state index in [9.17, 15) is 4.79 Å². The molecule has 3 aromatic heterocycles. The maximum Gasteiger partial charge on any atom is 0.336 e. The highest BCUT2D eigenvalue weighted by Crippen LogP contribution is 2.31. The molecule has 6 heteroatoms. The lowest BCUT2D eigenvalue weighted by atomic mass is 10.1. The van der Waals surface area contributed by atoms with E-state index in [0.29, 0.717) is 17.2 Å². The van der Waals surface area contributed by atoms with Crippen molar-refractivity contribution in [2.75, 3.05) is 0 Å². The molecule has 108 valence electrons. The zero-order valence-electron chi connectivity index (χ0n) is 11.6. The Morgan fingerprint density at radius 2 is 2.09 bits per heavy atom. The molecule has 0 aliphatic rings. The lowest BCUT2D eigenvalue weighted by Gasteiger charge is -2.06. The van der Waals surface area contributed by atoms with Gasteiger partial charge in [-0.05, 0) is 36.1 Å². The van der Waals surface area contributed by atoms with Crippen LogP contribution in [0, 0.1) is 6.92 Å². The summed E-state index contributed by atoms with van der Waals surface area (Å²) in [6, 6.07) is 8.79. The second kappa shape index (κ2) is 4.92. The number of rotatable bonds is 2. The minimum atomic E-state index is -0.371. The number of hydrogen-bond acceptors (Lipinski definition) is 6. The molecule has 5 nitrogen and oxygen atoms in total. The molecule has 1 aromatic carbocycles. The normalized spacial score (nSPS) is 11.1. The van der Waals surface area contributed by atoms with Crippen molar-refractivity contribution in [3.63, 3.8) is 0 Å². The van der Waals surface area contributed by atoms with Crippen LogP contribution in [-0.2, 0) is 0 Å². The molecule has 0 spiro atoms. The van der Waals surface area contributed by atoms with Crippen LogP contribution >= 0.6 is 11.3 Å². The topological polar surface area (TPSA) is 65.2 Å². The number of benzene rings is 1. The first kappa shape index (κ1) is 13.0. The molecule has 4 rings (SSSR count). The van der Waals surface area contributed by atoms with E-state index in [2.05, 4.69) is 9.97 Å². The van der Waals surface area contributed by atoms with Gasteiger partial charge in [0.15, 0.2) is 0 Å². The first-order valence-corrected chi connectivity index (χ1v) is 7.49. The van der Waals surface area contributed by atoms with E-state index < -0.39 is 0 Å². The van der Waals surface area contributed by atoms with E-state index in [-0.39, 0.29) is 5.63 Å². The molecule has 0 unspecified atom stereocenters. The minimum Gasteiger partial charge on any atom is -0.437 e. The smallest absolute Gasteiger partial charge is 0.336 e. The Hall–Kier alpha value is -2.73. The third-order valence-corrected chi connectivity index (χ3v) is 4.24. The minimum absolute atomic E-state index is 0.371. The van der Waals surface area contributed by atoms with Crippen LogP contribution < -0.4 is 10.4 Å². The molecule has 0 fully saturated rings. The van der Waals surface area contributed by atoms with Gasteiger partial charge < -0.3 is 9.15 Å². The molecule has 0 N–H and O–H groups in total. The molecular formula is C16H10N2O3S. The third-order valence-electron chi connectivity index (χ3n) is 3.35. The first-order chi connectivity index (χ1) is 10.7. The molecule has 0 aliphatic heterocycles. The lowest BCUT2D eigenvalue weighted by Crippen LogP contribution is -1.98. The average molecular weight is 310 g/mol. The highest BCUT2D eigenvalue weighted by Gasteiger charge is 2.09. The molecule has 0 saturated carbocycles. The molecule has 0 aliphatic carbocycles. The van der Waals surface area contributed by atoms with Gasteiger partial charge in [0.1, 0.15) is 22.4 Å². The summed E-state index contributed by atoms with van der Waals surface area (Å²) < 4.78 is 11.9. The summed E-state index contributed by atoms with van der Waals surface area (Å²) in [4.78, 5) is 19.8. The van der Waals surface area contributed by atoms with Gasteiger partial charge in [-0.25, -0.2) is 14.8 Å². The van der Waals surface area contributed by atoms with Gasteiger partial charge in [0.05, 0.1) is 5.52 Å². The molecule has 0 amide bonds. The number of hydrogen-bond donors (Lipinski definition) is 0. The van der Waals surface area contributed by atoms with Gasteiger partial charge in [-0.3, -0.25) is 0 Å². The van der Waals surface area contributed by atoms with Gasteiger partial charge in [-0.1, -0.05) is 0 Å². The van der Waals surface area contributed by atoms with E-state index in [0.717, 1.165) is 21.2 Å². The summed E-state index contributed by atoms with van der Waals surface area (Å²) in [6.45, 7) is 1.87. The zero-order chi connectivity index (χ0) is 15.1. The maximum absolute atomic E-state index is 11.5. The van der Waals surface area contributed by atoms with Crippen molar-refractivity contribution < 1.29 is 9.15 Å². The van der Waals surface area contributed by atoms with Gasteiger partial charge in [-0.2, -0.15) is 0 Å². The van der Waals surface area contributed by atoms with Crippen LogP contribution in [0.2, 0.25) is 0 Å². The average Bonchev–Trinajstić information content (AvgIpc) is 2.96. The number of thiophene rings is 1. The van der Waals surface area contributed by atoms with E-state index in [1.54, 1.807) is 6.07 Å². The van der Waals surface area contributed by atoms with Crippen molar-refractivity contribution in [3.05, 3.63) is 58.0 Å². The first-order valence-electron chi connectivity index (χ1n) is 6.61. The predicted molar refractivity (Wildman–Crippen MR) is 84.7 cm³/mol. The second-order valence-electron chi connectivity index (χ2n) is 4.82. The zero-order valence-corrected chi connectivity index (χ0v) is 12.4. The standard InChI is InChI=1S/C16H10N2O3S/c1-9-6-14(19)21-13-7-10(2-3-11(9)13)20-16-15-12(4-5-22-15)17-8-18-16/h2-8H,1H3. The van der Waals surface area contributed by atoms with Crippen LogP contribution in [0.3, 0.4) is 0 Å². The monoisotopic (exact) mass is 310 g/mol. The summed E-state index contributed by atoms with van der Waals surface area (Å²) in [7, 11) is 0. The van der Waals surface area contributed by atoms with Gasteiger partial charge in [0, 0.05) is 17.5 Å². The Morgan fingerprint density at radius 3 is 3.00 bits per heavy atom. The molecule has 0 bridgehead atoms. The third kappa shape index (κ3) is 2.14. The molecule has 0 radical (unpaired) electrons. The van der Waals surface area contributed by atoms with E-state index >= 15 is 0 Å². The quantitative estimate of drug-likeness (QED) is 0.525. The van der Waals surface area contributed by atoms with Gasteiger partial charge in [0.25, 0.3) is 0 Å². The van der Waals surface area contributed by atoms with E-state index in [4.69, 9.17) is 9.15 Å². The fourth-order valence-electron chi connectivity index (χ4n) is 2.32. The molecule has 0 saturated heterocycles. The van der Waals surface area contributed by atoms with E-state index in [1.807, 2.05) is 30.5 Å². The van der Waals surface area contributed by atoms with Crippen molar-refractivity contribution in [1.82, 2.24) is 9.97 Å². The van der Waals surface area contributed by atoms with Crippen LogP contribution in [0.25, 0.3) is 21.2 Å². The fraction of sp³-hybridized carbons (Fsp3) is 0.0625. The Morgan fingerprint density at radius 1 is 1.18 bits per heavy atom. The molecular weight excluding hydrogens is 300 g/mol. The molecule has 3 heterocycles. The Labute approximate surface area is 128 Å². The Balaban J connectivity index is 1.81. The van der Waals surface area contributed by atoms with Crippen molar-refractivity contribution in [2.45, 2.75) is 6.92 Å². The number of ether oxygens (including phenoxy) is 1. The summed E-state index contributed by atoms with van der Waals surface area (Å²) in [5, 5.41) is 2.82. The number of aromatic nitrogens is 2. The maximum atomic E-state index is 11.5. The van der Waals surface area contributed by atoms with Gasteiger partial charge in [-0.15, -0.1) is 11.3 Å². The van der Waals surface area contributed by atoms with Crippen LogP contribution in [0.5, 0.6) is 11.6 Å². The van der Waals surface area contributed by atoms with Crippen LogP contribution in [0.1, 0.15) is 5.56 Å². The SMILES string of the molecule is Cc1cc(=O)oc2cc(Oc3ncnc4ccsc34)ccc12. The number of nitrogens with zero attached hydrogens (tertiary/aromatic N) is 2. The summed E-state index contributed by atoms with van der Waals surface area (Å²) in [6.07, 6.45) is 1.47. The largest absolute Gasteiger partial charge is 0.437 e. The van der Waals surface area contributed by atoms with Crippen molar-refractivity contribution in [1.29, 1.82) is 0 Å². The Bertz CT molecular complexity index is 1050. The number of fused-ring (bicyclic) bond motifs is 2. The van der Waals surface area contributed by atoms with Crippen molar-refractivity contribution in [2.24, 2.45) is 0 Å². The van der Waals surface area contributed by atoms with E-state index in [1.165, 1.54) is 23.7 Å². The van der Waals surface area contributed by atoms with Crippen molar-refractivity contribution in [3.8, 4) is 11.6 Å².